The Morgan fingerprint density at radius 1 is 1.18 bits per heavy atom. The second-order valence-electron chi connectivity index (χ2n) is 5.85. The van der Waals surface area contributed by atoms with Gasteiger partial charge in [-0.1, -0.05) is 36.0 Å². The van der Waals surface area contributed by atoms with E-state index in [0.29, 0.717) is 4.91 Å². The van der Waals surface area contributed by atoms with Crippen LogP contribution in [0, 0.1) is 0 Å². The summed E-state index contributed by atoms with van der Waals surface area (Å²) in [7, 11) is -1.98. The molecule has 2 aliphatic rings. The van der Waals surface area contributed by atoms with Crippen molar-refractivity contribution in [3.8, 4) is 0 Å². The number of anilines is 1. The number of hydrogen-bond acceptors (Lipinski definition) is 7. The Labute approximate surface area is 175 Å². The normalized spacial score (nSPS) is 20.9. The van der Waals surface area contributed by atoms with Gasteiger partial charge in [0.15, 0.2) is 5.17 Å². The second-order valence-corrected chi connectivity index (χ2v) is 10.6. The van der Waals surface area contributed by atoms with Crippen LogP contribution in [-0.2, 0) is 14.8 Å². The van der Waals surface area contributed by atoms with E-state index in [1.165, 1.54) is 22.7 Å². The van der Waals surface area contributed by atoms with Gasteiger partial charge in [-0.3, -0.25) is 9.69 Å². The standard InChI is InChI=1S/C18H15N3O3S4/c1-3-10-21-16(22)15(17-20(2)12-7-4-5-8-13(12)26-17)27-18(21)19-28(23,24)14-9-6-11-25-14/h3-9,11H,1,10H2,2H3/b17-15+,19-18+. The number of thioether (sulfide) groups is 2. The Hall–Kier alpha value is -2.01. The molecule has 4 rings (SSSR count). The highest BCUT2D eigenvalue weighted by Gasteiger charge is 2.39. The Balaban J connectivity index is 1.76. The first kappa shape index (κ1) is 19.3. The fourth-order valence-corrected chi connectivity index (χ4v) is 7.26. The van der Waals surface area contributed by atoms with Gasteiger partial charge in [0.2, 0.25) is 0 Å². The van der Waals surface area contributed by atoms with Gasteiger partial charge in [0, 0.05) is 18.5 Å². The molecule has 0 N–H and O–H groups in total. The number of carbonyl (C=O) groups is 1. The van der Waals surface area contributed by atoms with E-state index in [0.717, 1.165) is 38.7 Å². The number of sulfonamides is 1. The summed E-state index contributed by atoms with van der Waals surface area (Å²) < 4.78 is 29.3. The third kappa shape index (κ3) is 3.30. The van der Waals surface area contributed by atoms with Crippen LogP contribution < -0.4 is 4.90 Å². The van der Waals surface area contributed by atoms with Crippen LogP contribution >= 0.6 is 34.9 Å². The number of benzene rings is 1. The SMILES string of the molecule is C=CCN1C(=O)/C(=C2\Sc3ccccc3N2C)S/C1=N/S(=O)(=O)c1cccs1. The first-order valence-corrected chi connectivity index (χ1v) is 12.1. The minimum Gasteiger partial charge on any atom is -0.337 e. The zero-order valence-electron chi connectivity index (χ0n) is 14.7. The van der Waals surface area contributed by atoms with Crippen molar-refractivity contribution >= 4 is 61.6 Å². The first-order chi connectivity index (χ1) is 13.4. The number of thiophene rings is 1. The molecule has 2 aromatic rings. The molecular formula is C18H15N3O3S4. The predicted octanol–water partition coefficient (Wildman–Crippen LogP) is 3.97. The van der Waals surface area contributed by atoms with Gasteiger partial charge in [0.1, 0.15) is 9.11 Å². The molecule has 144 valence electrons. The summed E-state index contributed by atoms with van der Waals surface area (Å²) >= 11 is 3.67. The molecule has 1 fully saturated rings. The molecule has 0 saturated carbocycles. The third-order valence-electron chi connectivity index (χ3n) is 4.06. The van der Waals surface area contributed by atoms with Gasteiger partial charge < -0.3 is 4.90 Å². The molecule has 0 aliphatic carbocycles. The lowest BCUT2D eigenvalue weighted by molar-refractivity contribution is -0.121. The average Bonchev–Trinajstić information content (AvgIpc) is 3.38. The van der Waals surface area contributed by atoms with Crippen molar-refractivity contribution in [1.29, 1.82) is 0 Å². The van der Waals surface area contributed by atoms with Crippen molar-refractivity contribution < 1.29 is 13.2 Å². The number of fused-ring (bicyclic) bond motifs is 1. The topological polar surface area (TPSA) is 70.1 Å². The van der Waals surface area contributed by atoms with Crippen LogP contribution in [0.2, 0.25) is 0 Å². The van der Waals surface area contributed by atoms with E-state index in [4.69, 9.17) is 0 Å². The number of hydrogen-bond donors (Lipinski definition) is 0. The van der Waals surface area contributed by atoms with Crippen LogP contribution in [0.25, 0.3) is 0 Å². The molecular weight excluding hydrogens is 434 g/mol. The molecule has 10 heteroatoms. The van der Waals surface area contributed by atoms with Gasteiger partial charge in [-0.25, -0.2) is 0 Å². The lowest BCUT2D eigenvalue weighted by Gasteiger charge is -2.15. The second kappa shape index (κ2) is 7.43. The summed E-state index contributed by atoms with van der Waals surface area (Å²) in [5, 5.41) is 2.59. The molecule has 0 radical (unpaired) electrons. The molecule has 3 heterocycles. The van der Waals surface area contributed by atoms with E-state index < -0.39 is 10.0 Å². The molecule has 28 heavy (non-hydrogen) atoms. The van der Waals surface area contributed by atoms with E-state index in [2.05, 4.69) is 11.0 Å². The summed E-state index contributed by atoms with van der Waals surface area (Å²) in [4.78, 5) is 17.9. The van der Waals surface area contributed by atoms with Gasteiger partial charge in [-0.2, -0.15) is 8.42 Å². The molecule has 6 nitrogen and oxygen atoms in total. The summed E-state index contributed by atoms with van der Waals surface area (Å²) in [6.45, 7) is 3.86. The Kier molecular flexibility index (Phi) is 5.13. The maximum absolute atomic E-state index is 13.0. The molecule has 0 atom stereocenters. The average molecular weight is 450 g/mol. The molecule has 0 unspecified atom stereocenters. The zero-order valence-corrected chi connectivity index (χ0v) is 18.0. The number of carbonyl (C=O) groups excluding carboxylic acids is 1. The lowest BCUT2D eigenvalue weighted by Crippen LogP contribution is -2.30. The minimum atomic E-state index is -3.87. The molecule has 1 aromatic carbocycles. The highest BCUT2D eigenvalue weighted by Crippen LogP contribution is 2.49. The molecule has 1 aromatic heterocycles. The third-order valence-corrected chi connectivity index (χ3v) is 9.24. The lowest BCUT2D eigenvalue weighted by atomic mass is 10.3. The largest absolute Gasteiger partial charge is 0.337 e. The zero-order chi connectivity index (χ0) is 19.9. The highest BCUT2D eigenvalue weighted by atomic mass is 32.2. The monoisotopic (exact) mass is 449 g/mol. The van der Waals surface area contributed by atoms with Crippen LogP contribution in [0.15, 0.2) is 77.9 Å². The van der Waals surface area contributed by atoms with Crippen molar-refractivity contribution in [2.24, 2.45) is 4.40 Å². The highest BCUT2D eigenvalue weighted by molar-refractivity contribution is 8.19. The maximum Gasteiger partial charge on any atom is 0.294 e. The summed E-state index contributed by atoms with van der Waals surface area (Å²) in [6, 6.07) is 11.0. The number of para-hydroxylation sites is 1. The van der Waals surface area contributed by atoms with E-state index in [1.807, 2.05) is 36.2 Å². The summed E-state index contributed by atoms with van der Waals surface area (Å²) in [6.07, 6.45) is 1.56. The molecule has 1 saturated heterocycles. The van der Waals surface area contributed by atoms with Gasteiger partial charge in [0.05, 0.1) is 10.7 Å². The van der Waals surface area contributed by atoms with Crippen LogP contribution in [0.5, 0.6) is 0 Å². The number of rotatable bonds is 4. The van der Waals surface area contributed by atoms with Crippen molar-refractivity contribution in [2.45, 2.75) is 9.10 Å². The van der Waals surface area contributed by atoms with Crippen molar-refractivity contribution in [2.75, 3.05) is 18.5 Å². The van der Waals surface area contributed by atoms with Gasteiger partial charge in [-0.15, -0.1) is 22.3 Å². The molecule has 0 spiro atoms. The van der Waals surface area contributed by atoms with Gasteiger partial charge in [-0.05, 0) is 35.3 Å². The van der Waals surface area contributed by atoms with Crippen molar-refractivity contribution in [1.82, 2.24) is 4.90 Å². The number of nitrogens with zero attached hydrogens (tertiary/aromatic N) is 3. The molecule has 2 aliphatic heterocycles. The fourth-order valence-electron chi connectivity index (χ4n) is 2.75. The van der Waals surface area contributed by atoms with E-state index in [1.54, 1.807) is 17.5 Å². The first-order valence-electron chi connectivity index (χ1n) is 8.16. The van der Waals surface area contributed by atoms with Crippen LogP contribution in [0.3, 0.4) is 0 Å². The van der Waals surface area contributed by atoms with Crippen molar-refractivity contribution in [3.63, 3.8) is 0 Å². The maximum atomic E-state index is 13.0. The van der Waals surface area contributed by atoms with Crippen molar-refractivity contribution in [3.05, 3.63) is 64.4 Å². The van der Waals surface area contributed by atoms with Crippen LogP contribution in [-0.4, -0.2) is 38.0 Å². The fraction of sp³-hybridized carbons (Fsp3) is 0.111. The molecule has 1 amide bonds. The van der Waals surface area contributed by atoms with Gasteiger partial charge in [0.25, 0.3) is 15.9 Å². The van der Waals surface area contributed by atoms with E-state index in [-0.39, 0.29) is 21.8 Å². The van der Waals surface area contributed by atoms with E-state index >= 15 is 0 Å². The van der Waals surface area contributed by atoms with Crippen LogP contribution in [0.1, 0.15) is 0 Å². The minimum absolute atomic E-state index is 0.144. The van der Waals surface area contributed by atoms with Gasteiger partial charge >= 0.3 is 0 Å². The number of amides is 1. The molecule has 0 bridgehead atoms. The van der Waals surface area contributed by atoms with Crippen LogP contribution in [0.4, 0.5) is 5.69 Å². The Morgan fingerprint density at radius 2 is 1.96 bits per heavy atom. The van der Waals surface area contributed by atoms with E-state index in [9.17, 15) is 13.2 Å². The predicted molar refractivity (Wildman–Crippen MR) is 116 cm³/mol. The Bertz CT molecular complexity index is 1120. The number of amidine groups is 1. The quantitative estimate of drug-likeness (QED) is 0.520. The summed E-state index contributed by atoms with van der Waals surface area (Å²) in [5.41, 5.74) is 1.01. The Morgan fingerprint density at radius 3 is 2.64 bits per heavy atom. The smallest absolute Gasteiger partial charge is 0.294 e. The summed E-state index contributed by atoms with van der Waals surface area (Å²) in [5.74, 6) is -0.271.